The molecule has 2 aliphatic rings. The van der Waals surface area contributed by atoms with Gasteiger partial charge in [0.15, 0.2) is 0 Å². The van der Waals surface area contributed by atoms with Gasteiger partial charge in [0, 0.05) is 8.95 Å². The third-order valence-electron chi connectivity index (χ3n) is 6.71. The van der Waals surface area contributed by atoms with Gasteiger partial charge in [-0.3, -0.25) is 0 Å². The summed E-state index contributed by atoms with van der Waals surface area (Å²) in [4.78, 5) is 0. The highest BCUT2D eigenvalue weighted by Crippen LogP contribution is 2.54. The summed E-state index contributed by atoms with van der Waals surface area (Å²) < 4.78 is 2.11. The lowest BCUT2D eigenvalue weighted by molar-refractivity contribution is 1.50. The average molecular weight is 578 g/mol. The lowest BCUT2D eigenvalue weighted by atomic mass is 9.83. The molecule has 0 radical (unpaired) electrons. The molecular formula is C33H22Br2. The van der Waals surface area contributed by atoms with Crippen molar-refractivity contribution in [1.29, 1.82) is 0 Å². The van der Waals surface area contributed by atoms with Gasteiger partial charge in [-0.05, 0) is 111 Å². The van der Waals surface area contributed by atoms with E-state index in [1.54, 1.807) is 0 Å². The maximum absolute atomic E-state index is 4.16. The Hall–Kier alpha value is -3.20. The second-order valence-electron chi connectivity index (χ2n) is 8.90. The molecule has 0 aliphatic heterocycles. The molecule has 0 aromatic heterocycles. The summed E-state index contributed by atoms with van der Waals surface area (Å²) in [6.45, 7) is 4.16. The second kappa shape index (κ2) is 9.11. The van der Waals surface area contributed by atoms with Crippen LogP contribution in [0, 0.1) is 0 Å². The number of allylic oxidation sites excluding steroid dienone is 9. The van der Waals surface area contributed by atoms with Crippen molar-refractivity contribution in [1.82, 2.24) is 0 Å². The van der Waals surface area contributed by atoms with E-state index in [1.807, 2.05) is 0 Å². The Morgan fingerprint density at radius 2 is 1.00 bits per heavy atom. The molecule has 6 rings (SSSR count). The van der Waals surface area contributed by atoms with Gasteiger partial charge in [-0.25, -0.2) is 0 Å². The fraction of sp³-hybridized carbons (Fsp3) is 0.0303. The van der Waals surface area contributed by atoms with Gasteiger partial charge in [0.25, 0.3) is 0 Å². The maximum atomic E-state index is 4.16. The molecule has 168 valence electrons. The fourth-order valence-electron chi connectivity index (χ4n) is 5.23. The van der Waals surface area contributed by atoms with Crippen molar-refractivity contribution < 1.29 is 0 Å². The van der Waals surface area contributed by atoms with E-state index in [2.05, 4.69) is 148 Å². The molecule has 4 aromatic rings. The molecule has 4 aromatic carbocycles. The number of fused-ring (bicyclic) bond motifs is 6. The fourth-order valence-corrected chi connectivity index (χ4v) is 5.92. The van der Waals surface area contributed by atoms with Crippen LogP contribution in [0.4, 0.5) is 0 Å². The Labute approximate surface area is 223 Å². The zero-order valence-electron chi connectivity index (χ0n) is 19.1. The Kier molecular flexibility index (Phi) is 5.80. The second-order valence-corrected chi connectivity index (χ2v) is 10.6. The molecule has 0 atom stereocenters. The van der Waals surface area contributed by atoms with E-state index < -0.39 is 0 Å². The Balaban J connectivity index is 1.87. The number of benzene rings is 4. The van der Waals surface area contributed by atoms with Crippen molar-refractivity contribution >= 4 is 53.8 Å². The van der Waals surface area contributed by atoms with Crippen LogP contribution >= 0.6 is 31.9 Å². The first-order valence-electron chi connectivity index (χ1n) is 11.7. The first kappa shape index (κ1) is 22.3. The summed E-state index contributed by atoms with van der Waals surface area (Å²) in [5, 5.41) is 2.49. The first-order valence-corrected chi connectivity index (χ1v) is 13.2. The van der Waals surface area contributed by atoms with Gasteiger partial charge < -0.3 is 0 Å². The largest absolute Gasteiger partial charge is 0.0918 e. The monoisotopic (exact) mass is 576 g/mol. The summed E-state index contributed by atoms with van der Waals surface area (Å²) in [5.41, 5.74) is 11.4. The van der Waals surface area contributed by atoms with Crippen molar-refractivity contribution in [3.8, 4) is 22.3 Å². The van der Waals surface area contributed by atoms with Gasteiger partial charge >= 0.3 is 0 Å². The van der Waals surface area contributed by atoms with E-state index in [-0.39, 0.29) is 0 Å². The number of hydrogen-bond acceptors (Lipinski definition) is 0. The van der Waals surface area contributed by atoms with E-state index in [4.69, 9.17) is 0 Å². The molecule has 2 aliphatic carbocycles. The minimum atomic E-state index is 0.898. The Morgan fingerprint density at radius 1 is 0.571 bits per heavy atom. The summed E-state index contributed by atoms with van der Waals surface area (Å²) in [5.74, 6) is 0. The highest BCUT2D eigenvalue weighted by atomic mass is 79.9. The SMILES string of the molecule is C=C1/C=C\C=C2/C/C(=C\C=C/1)c1c2c(-c2ccccc2)c2cc(Br)c(Br)cc2c1-c1ccccc1. The third kappa shape index (κ3) is 3.91. The van der Waals surface area contributed by atoms with Crippen LogP contribution in [-0.4, -0.2) is 0 Å². The Bertz CT molecular complexity index is 1500. The molecule has 0 spiro atoms. The van der Waals surface area contributed by atoms with Gasteiger partial charge in [0.05, 0.1) is 0 Å². The van der Waals surface area contributed by atoms with Crippen LogP contribution in [-0.2, 0) is 0 Å². The zero-order valence-corrected chi connectivity index (χ0v) is 22.2. The van der Waals surface area contributed by atoms with Gasteiger partial charge in [0.2, 0.25) is 0 Å². The molecule has 35 heavy (non-hydrogen) atoms. The van der Waals surface area contributed by atoms with Crippen molar-refractivity contribution in [2.24, 2.45) is 0 Å². The summed E-state index contributed by atoms with van der Waals surface area (Å²) in [6, 6.07) is 26.1. The van der Waals surface area contributed by atoms with E-state index in [9.17, 15) is 0 Å². The summed E-state index contributed by atoms with van der Waals surface area (Å²) in [7, 11) is 0. The Morgan fingerprint density at radius 3 is 1.43 bits per heavy atom. The summed E-state index contributed by atoms with van der Waals surface area (Å²) >= 11 is 7.58. The quantitative estimate of drug-likeness (QED) is 0.222. The molecule has 0 nitrogen and oxygen atoms in total. The van der Waals surface area contributed by atoms with Gasteiger partial charge in [-0.2, -0.15) is 0 Å². The molecule has 0 saturated carbocycles. The van der Waals surface area contributed by atoms with Gasteiger partial charge in [-0.1, -0.05) is 104 Å². The van der Waals surface area contributed by atoms with E-state index >= 15 is 0 Å². The van der Waals surface area contributed by atoms with Crippen LogP contribution in [0.1, 0.15) is 17.5 Å². The van der Waals surface area contributed by atoms with E-state index in [0.29, 0.717) is 0 Å². The zero-order chi connectivity index (χ0) is 23.9. The van der Waals surface area contributed by atoms with E-state index in [1.165, 1.54) is 55.3 Å². The van der Waals surface area contributed by atoms with Crippen LogP contribution in [0.5, 0.6) is 0 Å². The van der Waals surface area contributed by atoms with Crippen LogP contribution in [0.3, 0.4) is 0 Å². The molecule has 2 heteroatoms. The van der Waals surface area contributed by atoms with Crippen LogP contribution in [0.15, 0.2) is 130 Å². The van der Waals surface area contributed by atoms with Crippen LogP contribution in [0.2, 0.25) is 0 Å². The van der Waals surface area contributed by atoms with E-state index in [0.717, 1.165) is 20.9 Å². The van der Waals surface area contributed by atoms with Crippen molar-refractivity contribution in [3.63, 3.8) is 0 Å². The predicted octanol–water partition coefficient (Wildman–Crippen LogP) is 10.6. The number of halogens is 2. The van der Waals surface area contributed by atoms with Crippen LogP contribution < -0.4 is 0 Å². The lowest BCUT2D eigenvalue weighted by Gasteiger charge is -2.21. The first-order chi connectivity index (χ1) is 17.1. The molecule has 0 unspecified atom stereocenters. The van der Waals surface area contributed by atoms with Crippen molar-refractivity contribution in [2.45, 2.75) is 6.42 Å². The highest BCUT2D eigenvalue weighted by molar-refractivity contribution is 9.13. The maximum Gasteiger partial charge on any atom is 0.0324 e. The smallest absolute Gasteiger partial charge is 0.0324 e. The molecular weight excluding hydrogens is 556 g/mol. The normalized spacial score (nSPS) is 19.4. The van der Waals surface area contributed by atoms with Crippen molar-refractivity contribution in [2.75, 3.05) is 0 Å². The molecule has 2 bridgehead atoms. The molecule has 0 N–H and O–H groups in total. The van der Waals surface area contributed by atoms with Gasteiger partial charge in [0.1, 0.15) is 0 Å². The third-order valence-corrected chi connectivity index (χ3v) is 8.56. The predicted molar refractivity (Wildman–Crippen MR) is 158 cm³/mol. The molecule has 0 amide bonds. The minimum absolute atomic E-state index is 0.898. The highest BCUT2D eigenvalue weighted by Gasteiger charge is 2.31. The molecule has 0 fully saturated rings. The van der Waals surface area contributed by atoms with Gasteiger partial charge in [-0.15, -0.1) is 0 Å². The standard InChI is InChI=1S/C33H22Br2/c1-21-10-8-16-24-18-25(17-9-11-21)33-31(23-14-6-3-7-15-23)27-20-29(35)28(34)19-26(27)30(32(24)33)22-12-4-2-5-13-22/h2-17,19-20H,1,18H2/b10-8-,11-9-,24-16+,25-17+. The average Bonchev–Trinajstić information content (AvgIpc) is 3.21. The molecule has 0 heterocycles. The summed E-state index contributed by atoms with van der Waals surface area (Å²) in [6.07, 6.45) is 13.9. The van der Waals surface area contributed by atoms with Crippen molar-refractivity contribution in [3.05, 3.63) is 141 Å². The topological polar surface area (TPSA) is 0 Å². The minimum Gasteiger partial charge on any atom is -0.0918 e. The lowest BCUT2D eigenvalue weighted by Crippen LogP contribution is -1.97. The number of rotatable bonds is 2. The number of hydrogen-bond donors (Lipinski definition) is 0. The molecule has 0 saturated heterocycles. The van der Waals surface area contributed by atoms with Crippen LogP contribution in [0.25, 0.3) is 44.2 Å².